The van der Waals surface area contributed by atoms with Gasteiger partial charge >= 0.3 is 0 Å². The van der Waals surface area contributed by atoms with Crippen LogP contribution in [-0.2, 0) is 14.9 Å². The van der Waals surface area contributed by atoms with Crippen molar-refractivity contribution in [3.8, 4) is 0 Å². The summed E-state index contributed by atoms with van der Waals surface area (Å²) in [6.45, 7) is 6.99. The molecule has 7 heteroatoms. The molecule has 0 aromatic carbocycles. The molecule has 124 valence electrons. The van der Waals surface area contributed by atoms with Gasteiger partial charge in [-0.25, -0.2) is 0 Å². The molecule has 2 fully saturated rings. The maximum Gasteiger partial charge on any atom is 0.279 e. The number of hydrogen-bond acceptors (Lipinski definition) is 4. The van der Waals surface area contributed by atoms with Crippen molar-refractivity contribution in [1.82, 2.24) is 14.3 Å². The van der Waals surface area contributed by atoms with Crippen LogP contribution in [0, 0.1) is 5.92 Å². The summed E-state index contributed by atoms with van der Waals surface area (Å²) in [6, 6.07) is 0.730. The third kappa shape index (κ3) is 5.83. The van der Waals surface area contributed by atoms with Crippen LogP contribution >= 0.6 is 0 Å². The van der Waals surface area contributed by atoms with Crippen LogP contribution in [0.25, 0.3) is 0 Å². The molecule has 0 aromatic heterocycles. The minimum absolute atomic E-state index is 0.0925. The van der Waals surface area contributed by atoms with Crippen LogP contribution in [0.15, 0.2) is 0 Å². The zero-order valence-corrected chi connectivity index (χ0v) is 14.0. The lowest BCUT2D eigenvalue weighted by Crippen LogP contribution is -2.47. The van der Waals surface area contributed by atoms with Crippen molar-refractivity contribution < 1.29 is 13.2 Å². The Hall–Kier alpha value is -0.210. The Morgan fingerprint density at radius 1 is 1.24 bits per heavy atom. The second-order valence-corrected chi connectivity index (χ2v) is 7.90. The smallest absolute Gasteiger partial charge is 0.279 e. The summed E-state index contributed by atoms with van der Waals surface area (Å²) < 4.78 is 34.0. The van der Waals surface area contributed by atoms with Gasteiger partial charge in [-0.1, -0.05) is 0 Å². The van der Waals surface area contributed by atoms with Gasteiger partial charge in [0.25, 0.3) is 10.2 Å². The minimum Gasteiger partial charge on any atom is -0.377 e. The Morgan fingerprint density at radius 3 is 2.48 bits per heavy atom. The number of hydrogen-bond donors (Lipinski definition) is 2. The van der Waals surface area contributed by atoms with Crippen molar-refractivity contribution in [1.29, 1.82) is 0 Å². The number of ether oxygens (including phenoxy) is 1. The molecular weight excluding hydrogens is 290 g/mol. The van der Waals surface area contributed by atoms with Crippen molar-refractivity contribution in [2.75, 3.05) is 32.8 Å². The van der Waals surface area contributed by atoms with Crippen molar-refractivity contribution >= 4 is 10.2 Å². The molecule has 21 heavy (non-hydrogen) atoms. The van der Waals surface area contributed by atoms with E-state index in [1.165, 1.54) is 12.8 Å². The maximum atomic E-state index is 12.2. The third-order valence-corrected chi connectivity index (χ3v) is 5.77. The molecule has 2 N–H and O–H groups in total. The summed E-state index contributed by atoms with van der Waals surface area (Å²) in [5.41, 5.74) is 0. The van der Waals surface area contributed by atoms with Crippen LogP contribution in [0.3, 0.4) is 0 Å². The Kier molecular flexibility index (Phi) is 6.43. The zero-order valence-electron chi connectivity index (χ0n) is 13.2. The van der Waals surface area contributed by atoms with Crippen LogP contribution in [0.2, 0.25) is 0 Å². The fraction of sp³-hybridized carbons (Fsp3) is 1.00. The predicted octanol–water partition coefficient (Wildman–Crippen LogP) is 0.710. The van der Waals surface area contributed by atoms with Gasteiger partial charge in [-0.05, 0) is 52.0 Å². The quantitative estimate of drug-likeness (QED) is 0.657. The first kappa shape index (κ1) is 17.1. The molecule has 1 aliphatic heterocycles. The molecule has 1 saturated carbocycles. The maximum absolute atomic E-state index is 12.2. The number of nitrogens with one attached hydrogen (secondary N) is 2. The van der Waals surface area contributed by atoms with Gasteiger partial charge in [-0.2, -0.15) is 17.4 Å². The van der Waals surface area contributed by atoms with E-state index in [0.717, 1.165) is 25.4 Å². The Labute approximate surface area is 128 Å². The highest BCUT2D eigenvalue weighted by atomic mass is 32.2. The molecule has 1 saturated heterocycles. The predicted molar refractivity (Wildman–Crippen MR) is 83.3 cm³/mol. The minimum atomic E-state index is -3.36. The van der Waals surface area contributed by atoms with Gasteiger partial charge in [-0.15, -0.1) is 0 Å². The first-order valence-corrected chi connectivity index (χ1v) is 9.55. The molecule has 1 heterocycles. The van der Waals surface area contributed by atoms with Gasteiger partial charge in [0.2, 0.25) is 0 Å². The van der Waals surface area contributed by atoms with Crippen LogP contribution in [0.1, 0.15) is 39.5 Å². The SMILES string of the molecule is CCOC(C)CNS(=O)(=O)N1CCC(CNC2CC2)CC1. The fourth-order valence-electron chi connectivity index (χ4n) is 2.63. The van der Waals surface area contributed by atoms with Gasteiger partial charge in [0, 0.05) is 32.3 Å². The standard InChI is InChI=1S/C14H29N3O3S/c1-3-20-12(2)10-16-21(18,19)17-8-6-13(7-9-17)11-15-14-4-5-14/h12-16H,3-11H2,1-2H3. The van der Waals surface area contributed by atoms with Gasteiger partial charge in [-0.3, -0.25) is 0 Å². The molecule has 0 bridgehead atoms. The van der Waals surface area contributed by atoms with E-state index in [1.54, 1.807) is 4.31 Å². The molecule has 0 radical (unpaired) electrons. The molecule has 2 aliphatic rings. The first-order chi connectivity index (χ1) is 10.0. The van der Waals surface area contributed by atoms with Gasteiger partial charge in [0.05, 0.1) is 6.10 Å². The monoisotopic (exact) mass is 319 g/mol. The largest absolute Gasteiger partial charge is 0.377 e. The average Bonchev–Trinajstić information content (AvgIpc) is 3.28. The lowest BCUT2D eigenvalue weighted by Gasteiger charge is -2.31. The van der Waals surface area contributed by atoms with E-state index in [0.29, 0.717) is 32.2 Å². The molecule has 1 aliphatic carbocycles. The van der Waals surface area contributed by atoms with Crippen molar-refractivity contribution in [3.63, 3.8) is 0 Å². The van der Waals surface area contributed by atoms with Gasteiger partial charge < -0.3 is 10.1 Å². The van der Waals surface area contributed by atoms with Crippen molar-refractivity contribution in [2.45, 2.75) is 51.7 Å². The molecule has 2 rings (SSSR count). The number of piperidine rings is 1. The van der Waals surface area contributed by atoms with Crippen LogP contribution in [0.5, 0.6) is 0 Å². The summed E-state index contributed by atoms with van der Waals surface area (Å²) in [5.74, 6) is 0.611. The molecule has 0 spiro atoms. The Morgan fingerprint density at radius 2 is 1.90 bits per heavy atom. The topological polar surface area (TPSA) is 70.7 Å². The number of rotatable bonds is 9. The van der Waals surface area contributed by atoms with E-state index < -0.39 is 10.2 Å². The van der Waals surface area contributed by atoms with E-state index in [-0.39, 0.29) is 6.10 Å². The highest BCUT2D eigenvalue weighted by Crippen LogP contribution is 2.22. The molecule has 0 aromatic rings. The summed E-state index contributed by atoms with van der Waals surface area (Å²) in [6.07, 6.45) is 4.40. The van der Waals surface area contributed by atoms with E-state index >= 15 is 0 Å². The molecule has 6 nitrogen and oxygen atoms in total. The second kappa shape index (κ2) is 7.87. The lowest BCUT2D eigenvalue weighted by atomic mass is 9.98. The molecular formula is C14H29N3O3S. The summed E-state index contributed by atoms with van der Waals surface area (Å²) in [4.78, 5) is 0. The molecule has 0 amide bonds. The zero-order chi connectivity index (χ0) is 15.3. The lowest BCUT2D eigenvalue weighted by molar-refractivity contribution is 0.0795. The van der Waals surface area contributed by atoms with Gasteiger partial charge in [0.15, 0.2) is 0 Å². The van der Waals surface area contributed by atoms with Crippen LogP contribution in [-0.4, -0.2) is 57.7 Å². The number of nitrogens with zero attached hydrogens (tertiary/aromatic N) is 1. The summed E-state index contributed by atoms with van der Waals surface area (Å²) >= 11 is 0. The Balaban J connectivity index is 1.69. The normalized spacial score (nSPS) is 23.3. The van der Waals surface area contributed by atoms with Crippen LogP contribution in [0.4, 0.5) is 0 Å². The highest BCUT2D eigenvalue weighted by molar-refractivity contribution is 7.87. The third-order valence-electron chi connectivity index (χ3n) is 4.19. The molecule has 1 atom stereocenters. The summed E-state index contributed by atoms with van der Waals surface area (Å²) in [7, 11) is -3.36. The Bertz CT molecular complexity index is 404. The van der Waals surface area contributed by atoms with E-state index in [9.17, 15) is 8.42 Å². The van der Waals surface area contributed by atoms with Crippen LogP contribution < -0.4 is 10.0 Å². The van der Waals surface area contributed by atoms with E-state index in [2.05, 4.69) is 10.0 Å². The van der Waals surface area contributed by atoms with Crippen molar-refractivity contribution in [2.24, 2.45) is 5.92 Å². The summed E-state index contributed by atoms with van der Waals surface area (Å²) in [5, 5.41) is 3.53. The highest BCUT2D eigenvalue weighted by Gasteiger charge is 2.29. The fourth-order valence-corrected chi connectivity index (χ4v) is 3.95. The first-order valence-electron chi connectivity index (χ1n) is 8.11. The second-order valence-electron chi connectivity index (χ2n) is 6.14. The van der Waals surface area contributed by atoms with Crippen molar-refractivity contribution in [3.05, 3.63) is 0 Å². The average molecular weight is 319 g/mol. The van der Waals surface area contributed by atoms with E-state index in [1.807, 2.05) is 13.8 Å². The molecule has 1 unspecified atom stereocenters. The van der Waals surface area contributed by atoms with Gasteiger partial charge in [0.1, 0.15) is 0 Å². The van der Waals surface area contributed by atoms with E-state index in [4.69, 9.17) is 4.74 Å².